The lowest BCUT2D eigenvalue weighted by atomic mass is 9.99. The number of aryl methyl sites for hydroxylation is 1. The molecule has 0 aromatic heterocycles. The Kier molecular flexibility index (Phi) is 3.04. The number of hydrogen-bond donors (Lipinski definition) is 0. The van der Waals surface area contributed by atoms with E-state index in [1.165, 1.54) is 10.9 Å². The molecule has 0 aliphatic carbocycles. The van der Waals surface area contributed by atoms with Gasteiger partial charge < -0.3 is 0 Å². The minimum absolute atomic E-state index is 0.133. The van der Waals surface area contributed by atoms with Crippen LogP contribution in [0.25, 0.3) is 10.8 Å². The molecule has 0 heterocycles. The summed E-state index contributed by atoms with van der Waals surface area (Å²) in [4.78, 5) is 11.5. The Morgan fingerprint density at radius 2 is 2.00 bits per heavy atom. The Morgan fingerprint density at radius 3 is 2.69 bits per heavy atom. The third-order valence-corrected chi connectivity index (χ3v) is 2.86. The molecule has 0 radical (unpaired) electrons. The first-order valence-electron chi connectivity index (χ1n) is 5.75. The molecule has 1 nitrogen and oxygen atoms in total. The highest BCUT2D eigenvalue weighted by Gasteiger charge is 2.05. The van der Waals surface area contributed by atoms with E-state index in [0.717, 1.165) is 23.8 Å². The Hall–Kier alpha value is -1.63. The van der Waals surface area contributed by atoms with Crippen molar-refractivity contribution >= 4 is 16.6 Å². The molecule has 0 spiro atoms. The molecular weight excluding hydrogens is 196 g/mol. The first-order chi connectivity index (χ1) is 7.72. The Morgan fingerprint density at radius 1 is 1.19 bits per heavy atom. The van der Waals surface area contributed by atoms with E-state index in [1.807, 2.05) is 12.1 Å². The van der Waals surface area contributed by atoms with Gasteiger partial charge in [-0.3, -0.25) is 4.79 Å². The van der Waals surface area contributed by atoms with Gasteiger partial charge in [-0.25, -0.2) is 0 Å². The van der Waals surface area contributed by atoms with E-state index in [4.69, 9.17) is 0 Å². The van der Waals surface area contributed by atoms with Crippen molar-refractivity contribution in [2.24, 2.45) is 0 Å². The Balaban J connectivity index is 2.59. The topological polar surface area (TPSA) is 17.1 Å². The second-order valence-corrected chi connectivity index (χ2v) is 4.17. The number of carbonyl (C=O) groups is 1. The van der Waals surface area contributed by atoms with E-state index in [-0.39, 0.29) is 5.78 Å². The van der Waals surface area contributed by atoms with Gasteiger partial charge in [0.25, 0.3) is 0 Å². The Labute approximate surface area is 96.1 Å². The minimum atomic E-state index is 0.133. The number of ketones is 1. The van der Waals surface area contributed by atoms with E-state index in [1.54, 1.807) is 6.92 Å². The largest absolute Gasteiger partial charge is 0.294 e. The summed E-state index contributed by atoms with van der Waals surface area (Å²) >= 11 is 0. The van der Waals surface area contributed by atoms with E-state index in [9.17, 15) is 4.79 Å². The van der Waals surface area contributed by atoms with E-state index in [2.05, 4.69) is 31.2 Å². The first kappa shape index (κ1) is 10.9. The zero-order chi connectivity index (χ0) is 11.5. The highest BCUT2D eigenvalue weighted by atomic mass is 16.1. The fourth-order valence-corrected chi connectivity index (χ4v) is 2.08. The molecule has 1 heteroatoms. The van der Waals surface area contributed by atoms with Crippen LogP contribution in [0.3, 0.4) is 0 Å². The maximum Gasteiger partial charge on any atom is 0.160 e. The van der Waals surface area contributed by atoms with Gasteiger partial charge in [-0.1, -0.05) is 49.7 Å². The van der Waals surface area contributed by atoms with Crippen molar-refractivity contribution in [1.82, 2.24) is 0 Å². The van der Waals surface area contributed by atoms with Crippen molar-refractivity contribution in [3.63, 3.8) is 0 Å². The second-order valence-electron chi connectivity index (χ2n) is 4.17. The number of carbonyl (C=O) groups excluding carboxylic acids is 1. The standard InChI is InChI=1S/C15H16O/c1-3-5-12-8-9-15-13(10-12)6-4-7-14(15)11(2)16/h4,6-10H,3,5H2,1-2H3. The van der Waals surface area contributed by atoms with Crippen LogP contribution in [-0.4, -0.2) is 5.78 Å². The number of benzene rings is 2. The molecule has 0 saturated carbocycles. The first-order valence-corrected chi connectivity index (χ1v) is 5.75. The summed E-state index contributed by atoms with van der Waals surface area (Å²) in [5, 5.41) is 2.23. The number of fused-ring (bicyclic) bond motifs is 1. The predicted molar refractivity (Wildman–Crippen MR) is 67.9 cm³/mol. The molecule has 0 fully saturated rings. The van der Waals surface area contributed by atoms with Gasteiger partial charge in [-0.15, -0.1) is 0 Å². The van der Waals surface area contributed by atoms with Crippen LogP contribution in [0.5, 0.6) is 0 Å². The molecule has 16 heavy (non-hydrogen) atoms. The molecule has 0 aliphatic rings. The summed E-state index contributed by atoms with van der Waals surface area (Å²) in [7, 11) is 0. The van der Waals surface area contributed by atoms with Crippen LogP contribution in [-0.2, 0) is 6.42 Å². The van der Waals surface area contributed by atoms with Gasteiger partial charge in [0.1, 0.15) is 0 Å². The summed E-state index contributed by atoms with van der Waals surface area (Å²) in [6.45, 7) is 3.80. The molecule has 0 saturated heterocycles. The van der Waals surface area contributed by atoms with Crippen LogP contribution in [0.4, 0.5) is 0 Å². The van der Waals surface area contributed by atoms with Crippen molar-refractivity contribution in [3.8, 4) is 0 Å². The average molecular weight is 212 g/mol. The summed E-state index contributed by atoms with van der Waals surface area (Å²) in [5.74, 6) is 0.133. The van der Waals surface area contributed by atoms with Crippen LogP contribution in [0, 0.1) is 0 Å². The van der Waals surface area contributed by atoms with Gasteiger partial charge in [0.2, 0.25) is 0 Å². The normalized spacial score (nSPS) is 10.6. The van der Waals surface area contributed by atoms with Crippen molar-refractivity contribution < 1.29 is 4.79 Å². The molecule has 0 amide bonds. The number of rotatable bonds is 3. The molecule has 0 unspecified atom stereocenters. The van der Waals surface area contributed by atoms with Crippen molar-refractivity contribution in [3.05, 3.63) is 47.5 Å². The number of Topliss-reactive ketones (excluding diaryl/α,β-unsaturated/α-hetero) is 1. The molecular formula is C15H16O. The van der Waals surface area contributed by atoms with Gasteiger partial charge in [0.15, 0.2) is 5.78 Å². The van der Waals surface area contributed by atoms with Gasteiger partial charge >= 0.3 is 0 Å². The summed E-state index contributed by atoms with van der Waals surface area (Å²) in [6.07, 6.45) is 2.25. The lowest BCUT2D eigenvalue weighted by molar-refractivity contribution is 0.101. The molecule has 82 valence electrons. The van der Waals surface area contributed by atoms with Crippen molar-refractivity contribution in [2.75, 3.05) is 0 Å². The fourth-order valence-electron chi connectivity index (χ4n) is 2.08. The molecule has 0 bridgehead atoms. The van der Waals surface area contributed by atoms with Gasteiger partial charge in [-0.2, -0.15) is 0 Å². The maximum absolute atomic E-state index is 11.5. The minimum Gasteiger partial charge on any atom is -0.294 e. The lowest BCUT2D eigenvalue weighted by Crippen LogP contribution is -1.93. The van der Waals surface area contributed by atoms with E-state index < -0.39 is 0 Å². The molecule has 2 aromatic rings. The van der Waals surface area contributed by atoms with Crippen LogP contribution in [0.2, 0.25) is 0 Å². The highest BCUT2D eigenvalue weighted by molar-refractivity contribution is 6.07. The van der Waals surface area contributed by atoms with Gasteiger partial charge in [0, 0.05) is 5.56 Å². The average Bonchev–Trinajstić information content (AvgIpc) is 2.28. The van der Waals surface area contributed by atoms with Crippen molar-refractivity contribution in [1.29, 1.82) is 0 Å². The number of hydrogen-bond acceptors (Lipinski definition) is 1. The smallest absolute Gasteiger partial charge is 0.160 e. The van der Waals surface area contributed by atoms with Crippen molar-refractivity contribution in [2.45, 2.75) is 26.7 Å². The SMILES string of the molecule is CCCc1ccc2c(C(C)=O)cccc2c1. The quantitative estimate of drug-likeness (QED) is 0.703. The third kappa shape index (κ3) is 1.99. The zero-order valence-corrected chi connectivity index (χ0v) is 9.79. The van der Waals surface area contributed by atoms with E-state index in [0.29, 0.717) is 0 Å². The van der Waals surface area contributed by atoms with Crippen LogP contribution in [0.1, 0.15) is 36.2 Å². The van der Waals surface area contributed by atoms with Gasteiger partial charge in [-0.05, 0) is 29.7 Å². The molecule has 0 aliphatic heterocycles. The summed E-state index contributed by atoms with van der Waals surface area (Å²) < 4.78 is 0. The fraction of sp³-hybridized carbons (Fsp3) is 0.267. The highest BCUT2D eigenvalue weighted by Crippen LogP contribution is 2.21. The summed E-state index contributed by atoms with van der Waals surface area (Å²) in [6, 6.07) is 12.3. The predicted octanol–water partition coefficient (Wildman–Crippen LogP) is 3.99. The van der Waals surface area contributed by atoms with Crippen LogP contribution < -0.4 is 0 Å². The third-order valence-electron chi connectivity index (χ3n) is 2.86. The Bertz CT molecular complexity index is 526. The second kappa shape index (κ2) is 4.48. The van der Waals surface area contributed by atoms with Crippen LogP contribution in [0.15, 0.2) is 36.4 Å². The van der Waals surface area contributed by atoms with E-state index >= 15 is 0 Å². The molecule has 0 atom stereocenters. The molecule has 2 rings (SSSR count). The van der Waals surface area contributed by atoms with Gasteiger partial charge in [0.05, 0.1) is 0 Å². The maximum atomic E-state index is 11.5. The lowest BCUT2D eigenvalue weighted by Gasteiger charge is -2.05. The molecule has 0 N–H and O–H groups in total. The monoisotopic (exact) mass is 212 g/mol. The van der Waals surface area contributed by atoms with Crippen LogP contribution >= 0.6 is 0 Å². The zero-order valence-electron chi connectivity index (χ0n) is 9.79. The summed E-state index contributed by atoms with van der Waals surface area (Å²) in [5.41, 5.74) is 2.16. The molecule has 2 aromatic carbocycles.